The number of amides is 1. The Kier molecular flexibility index (Phi) is 5.06. The summed E-state index contributed by atoms with van der Waals surface area (Å²) in [4.78, 5) is 14.4. The number of carbonyl (C=O) groups is 1. The van der Waals surface area contributed by atoms with Gasteiger partial charge in [0.05, 0.1) is 13.2 Å². The molecule has 7 heteroatoms. The number of morpholine rings is 1. The molecule has 1 atom stereocenters. The number of ether oxygens (including phenoxy) is 1. The van der Waals surface area contributed by atoms with Crippen LogP contribution in [0.1, 0.15) is 19.5 Å². The van der Waals surface area contributed by atoms with Crippen LogP contribution in [0.15, 0.2) is 12.1 Å². The highest BCUT2D eigenvalue weighted by atomic mass is 16.5. The fraction of sp³-hybridized carbons (Fsp3) is 0.571. The van der Waals surface area contributed by atoms with E-state index in [-0.39, 0.29) is 23.6 Å². The standard InChI is InChI=1S/C14H19N5O2/c1-10(2)13(14(20)19-5-7-21-8-6-19)16-12-4-3-11(9-15)17-18-12/h3-4,10,13H,5-8H2,1-2H3,(H,16,18). The number of nitrogens with zero attached hydrogens (tertiary/aromatic N) is 4. The summed E-state index contributed by atoms with van der Waals surface area (Å²) >= 11 is 0. The van der Waals surface area contributed by atoms with Crippen molar-refractivity contribution in [3.63, 3.8) is 0 Å². The van der Waals surface area contributed by atoms with Crippen molar-refractivity contribution in [2.45, 2.75) is 19.9 Å². The lowest BCUT2D eigenvalue weighted by atomic mass is 10.0. The third-order valence-corrected chi connectivity index (χ3v) is 3.34. The van der Waals surface area contributed by atoms with Crippen molar-refractivity contribution in [2.24, 2.45) is 5.92 Å². The quantitative estimate of drug-likeness (QED) is 0.874. The van der Waals surface area contributed by atoms with E-state index in [0.717, 1.165) is 0 Å². The Morgan fingerprint density at radius 1 is 1.38 bits per heavy atom. The average molecular weight is 289 g/mol. The summed E-state index contributed by atoms with van der Waals surface area (Å²) in [5.74, 6) is 0.645. The zero-order valence-electron chi connectivity index (χ0n) is 12.2. The van der Waals surface area contributed by atoms with Gasteiger partial charge in [-0.25, -0.2) is 0 Å². The van der Waals surface area contributed by atoms with Crippen LogP contribution in [0.3, 0.4) is 0 Å². The molecule has 0 aromatic carbocycles. The highest BCUT2D eigenvalue weighted by molar-refractivity contribution is 5.84. The van der Waals surface area contributed by atoms with Gasteiger partial charge in [0.1, 0.15) is 17.9 Å². The van der Waals surface area contributed by atoms with Gasteiger partial charge in [0.15, 0.2) is 5.69 Å². The van der Waals surface area contributed by atoms with Gasteiger partial charge in [-0.2, -0.15) is 5.26 Å². The summed E-state index contributed by atoms with van der Waals surface area (Å²) in [5.41, 5.74) is 0.251. The van der Waals surface area contributed by atoms with Gasteiger partial charge < -0.3 is 15.0 Å². The van der Waals surface area contributed by atoms with Crippen LogP contribution < -0.4 is 5.32 Å². The monoisotopic (exact) mass is 289 g/mol. The maximum Gasteiger partial charge on any atom is 0.245 e. The molecule has 1 N–H and O–H groups in total. The summed E-state index contributed by atoms with van der Waals surface area (Å²) in [6.45, 7) is 6.34. The van der Waals surface area contributed by atoms with E-state index in [9.17, 15) is 4.79 Å². The predicted molar refractivity (Wildman–Crippen MR) is 76.4 cm³/mol. The Hall–Kier alpha value is -2.20. The van der Waals surface area contributed by atoms with E-state index in [1.54, 1.807) is 17.0 Å². The van der Waals surface area contributed by atoms with Crippen LogP contribution in [-0.4, -0.2) is 53.3 Å². The molecule has 1 fully saturated rings. The minimum Gasteiger partial charge on any atom is -0.378 e. The molecule has 0 spiro atoms. The summed E-state index contributed by atoms with van der Waals surface area (Å²) in [6.07, 6.45) is 0. The van der Waals surface area contributed by atoms with Crippen LogP contribution in [-0.2, 0) is 9.53 Å². The topological polar surface area (TPSA) is 91.1 Å². The highest BCUT2D eigenvalue weighted by Crippen LogP contribution is 2.13. The number of nitriles is 1. The molecule has 7 nitrogen and oxygen atoms in total. The van der Waals surface area contributed by atoms with E-state index < -0.39 is 0 Å². The van der Waals surface area contributed by atoms with Crippen molar-refractivity contribution in [3.05, 3.63) is 17.8 Å². The van der Waals surface area contributed by atoms with Crippen molar-refractivity contribution in [2.75, 3.05) is 31.6 Å². The number of hydrogen-bond donors (Lipinski definition) is 1. The molecule has 1 aliphatic rings. The van der Waals surface area contributed by atoms with Crippen molar-refractivity contribution < 1.29 is 9.53 Å². The SMILES string of the molecule is CC(C)C(Nc1ccc(C#N)nn1)C(=O)N1CCOCC1. The van der Waals surface area contributed by atoms with Crippen LogP contribution in [0.5, 0.6) is 0 Å². The zero-order valence-corrected chi connectivity index (χ0v) is 12.2. The second kappa shape index (κ2) is 6.99. The molecule has 1 amide bonds. The lowest BCUT2D eigenvalue weighted by Gasteiger charge is -2.32. The number of carbonyl (C=O) groups excluding carboxylic acids is 1. The Bertz CT molecular complexity index is 517. The molecule has 0 aliphatic carbocycles. The predicted octanol–water partition coefficient (Wildman–Crippen LogP) is 0.644. The summed E-state index contributed by atoms with van der Waals surface area (Å²) in [7, 11) is 0. The van der Waals surface area contributed by atoms with Gasteiger partial charge in [-0.1, -0.05) is 13.8 Å². The molecule has 2 rings (SSSR count). The van der Waals surface area contributed by atoms with Gasteiger partial charge in [-0.15, -0.1) is 10.2 Å². The lowest BCUT2D eigenvalue weighted by molar-refractivity contribution is -0.137. The minimum atomic E-state index is -0.370. The minimum absolute atomic E-state index is 0.0412. The maximum absolute atomic E-state index is 12.6. The molecule has 1 aromatic rings. The second-order valence-corrected chi connectivity index (χ2v) is 5.22. The summed E-state index contributed by atoms with van der Waals surface area (Å²) in [6, 6.07) is 4.78. The molecule has 0 bridgehead atoms. The Labute approximate surface area is 123 Å². The number of anilines is 1. The zero-order chi connectivity index (χ0) is 15.2. The van der Waals surface area contributed by atoms with Gasteiger partial charge in [-0.05, 0) is 18.1 Å². The van der Waals surface area contributed by atoms with Gasteiger partial charge in [0.25, 0.3) is 0 Å². The number of aromatic nitrogens is 2. The third-order valence-electron chi connectivity index (χ3n) is 3.34. The van der Waals surface area contributed by atoms with Crippen LogP contribution in [0.2, 0.25) is 0 Å². The fourth-order valence-corrected chi connectivity index (χ4v) is 2.12. The molecule has 1 saturated heterocycles. The first kappa shape index (κ1) is 15.2. The number of hydrogen-bond acceptors (Lipinski definition) is 6. The van der Waals surface area contributed by atoms with Crippen molar-refractivity contribution >= 4 is 11.7 Å². The molecule has 1 aromatic heterocycles. The number of rotatable bonds is 4. The first-order valence-electron chi connectivity index (χ1n) is 6.98. The molecule has 21 heavy (non-hydrogen) atoms. The lowest BCUT2D eigenvalue weighted by Crippen LogP contribution is -2.49. The molecule has 112 valence electrons. The molecule has 0 radical (unpaired) electrons. The maximum atomic E-state index is 12.6. The second-order valence-electron chi connectivity index (χ2n) is 5.22. The van der Waals surface area contributed by atoms with Gasteiger partial charge in [0.2, 0.25) is 5.91 Å². The molecule has 1 aliphatic heterocycles. The van der Waals surface area contributed by atoms with Gasteiger partial charge in [0, 0.05) is 13.1 Å². The average Bonchev–Trinajstić information content (AvgIpc) is 2.53. The van der Waals surface area contributed by atoms with Crippen LogP contribution in [0.4, 0.5) is 5.82 Å². The van der Waals surface area contributed by atoms with Crippen LogP contribution >= 0.6 is 0 Å². The Morgan fingerprint density at radius 2 is 2.10 bits per heavy atom. The summed E-state index contributed by atoms with van der Waals surface area (Å²) in [5, 5.41) is 19.5. The normalized spacial score (nSPS) is 16.4. The van der Waals surface area contributed by atoms with Crippen molar-refractivity contribution in [1.82, 2.24) is 15.1 Å². The van der Waals surface area contributed by atoms with Gasteiger partial charge in [-0.3, -0.25) is 4.79 Å². The van der Waals surface area contributed by atoms with E-state index >= 15 is 0 Å². The smallest absolute Gasteiger partial charge is 0.245 e. The highest BCUT2D eigenvalue weighted by Gasteiger charge is 2.28. The third kappa shape index (κ3) is 3.89. The molecular weight excluding hydrogens is 270 g/mol. The molecule has 0 saturated carbocycles. The van der Waals surface area contributed by atoms with Crippen molar-refractivity contribution in [1.29, 1.82) is 5.26 Å². The molecule has 1 unspecified atom stereocenters. The van der Waals surface area contributed by atoms with Crippen LogP contribution in [0, 0.1) is 17.2 Å². The molecular formula is C14H19N5O2. The number of nitrogens with one attached hydrogen (secondary N) is 1. The van der Waals surface area contributed by atoms with E-state index in [1.807, 2.05) is 19.9 Å². The fourth-order valence-electron chi connectivity index (χ4n) is 2.12. The Morgan fingerprint density at radius 3 is 2.62 bits per heavy atom. The summed E-state index contributed by atoms with van der Waals surface area (Å²) < 4.78 is 5.27. The Balaban J connectivity index is 2.07. The molecule has 2 heterocycles. The first-order chi connectivity index (χ1) is 10.1. The van der Waals surface area contributed by atoms with Crippen LogP contribution in [0.25, 0.3) is 0 Å². The van der Waals surface area contributed by atoms with E-state index in [2.05, 4.69) is 15.5 Å². The van der Waals surface area contributed by atoms with Crippen molar-refractivity contribution in [3.8, 4) is 6.07 Å². The first-order valence-corrected chi connectivity index (χ1v) is 6.98. The van der Waals surface area contributed by atoms with E-state index in [1.165, 1.54) is 0 Å². The largest absolute Gasteiger partial charge is 0.378 e. The van der Waals surface area contributed by atoms with E-state index in [0.29, 0.717) is 32.1 Å². The van der Waals surface area contributed by atoms with E-state index in [4.69, 9.17) is 10.00 Å². The van der Waals surface area contributed by atoms with Gasteiger partial charge >= 0.3 is 0 Å².